The van der Waals surface area contributed by atoms with E-state index in [1.807, 2.05) is 24.3 Å². The first kappa shape index (κ1) is 30.9. The Bertz CT molecular complexity index is 1750. The summed E-state index contributed by atoms with van der Waals surface area (Å²) in [5, 5.41) is 0. The number of aryl methyl sites for hydroxylation is 1. The molecule has 5 aromatic carbocycles. The molecule has 1 atom stereocenters. The Morgan fingerprint density at radius 3 is 2.07 bits per heavy atom. The summed E-state index contributed by atoms with van der Waals surface area (Å²) in [7, 11) is 3.32. The lowest BCUT2D eigenvalue weighted by Gasteiger charge is -2.30. The van der Waals surface area contributed by atoms with Crippen molar-refractivity contribution in [2.45, 2.75) is 26.1 Å². The molecule has 0 fully saturated rings. The van der Waals surface area contributed by atoms with Crippen LogP contribution >= 0.6 is 15.9 Å². The Morgan fingerprint density at radius 1 is 0.727 bits per heavy atom. The molecule has 0 aliphatic rings. The minimum absolute atomic E-state index is 0.179. The fraction of sp³-hybridized carbons (Fsp3) is 0.150. The standard InChI is InChI=1S/C40H36BrNO2/c1-30-18-21-35(22-19-30)38(25-24-34-17-11-10-16-33(34)23-20-31-12-6-4-7-13-31)42(28-32-14-8-5-9-15-32)29-36-26-39(43-2)40(44-3)27-37(36)41/h4-23,26-27,38H,28-29H2,1-3H3/b23-20+. The molecule has 4 heteroatoms. The van der Waals surface area contributed by atoms with Gasteiger partial charge in [-0.05, 0) is 52.9 Å². The molecule has 0 aliphatic heterocycles. The smallest absolute Gasteiger partial charge is 0.161 e. The summed E-state index contributed by atoms with van der Waals surface area (Å²) >= 11 is 3.80. The Labute approximate surface area is 269 Å². The molecule has 1 unspecified atom stereocenters. The Balaban J connectivity index is 1.58. The molecule has 0 amide bonds. The van der Waals surface area contributed by atoms with Crippen LogP contribution in [0.1, 0.15) is 45.0 Å². The second-order valence-corrected chi connectivity index (χ2v) is 11.5. The van der Waals surface area contributed by atoms with E-state index in [9.17, 15) is 0 Å². The number of methoxy groups -OCH3 is 2. The van der Waals surface area contributed by atoms with Gasteiger partial charge in [-0.15, -0.1) is 0 Å². The molecule has 220 valence electrons. The van der Waals surface area contributed by atoms with E-state index in [-0.39, 0.29) is 6.04 Å². The van der Waals surface area contributed by atoms with Crippen molar-refractivity contribution in [2.24, 2.45) is 0 Å². The van der Waals surface area contributed by atoms with E-state index < -0.39 is 0 Å². The number of hydrogen-bond donors (Lipinski definition) is 0. The van der Waals surface area contributed by atoms with Crippen LogP contribution in [0.4, 0.5) is 0 Å². The van der Waals surface area contributed by atoms with E-state index in [0.29, 0.717) is 24.6 Å². The normalized spacial score (nSPS) is 11.7. The summed E-state index contributed by atoms with van der Waals surface area (Å²) < 4.78 is 12.2. The van der Waals surface area contributed by atoms with Crippen molar-refractivity contribution in [1.82, 2.24) is 4.90 Å². The van der Waals surface area contributed by atoms with E-state index in [1.165, 1.54) is 11.1 Å². The molecule has 0 saturated carbocycles. The molecule has 5 aromatic rings. The lowest BCUT2D eigenvalue weighted by Crippen LogP contribution is -2.27. The second kappa shape index (κ2) is 15.3. The minimum Gasteiger partial charge on any atom is -0.493 e. The maximum atomic E-state index is 5.66. The molecular weight excluding hydrogens is 606 g/mol. The largest absolute Gasteiger partial charge is 0.493 e. The number of ether oxygens (including phenoxy) is 2. The third-order valence-electron chi connectivity index (χ3n) is 7.47. The van der Waals surface area contributed by atoms with E-state index in [4.69, 9.17) is 9.47 Å². The van der Waals surface area contributed by atoms with Gasteiger partial charge in [0.25, 0.3) is 0 Å². The molecule has 44 heavy (non-hydrogen) atoms. The van der Waals surface area contributed by atoms with Gasteiger partial charge in [-0.2, -0.15) is 0 Å². The van der Waals surface area contributed by atoms with Crippen LogP contribution in [0, 0.1) is 18.8 Å². The van der Waals surface area contributed by atoms with Gasteiger partial charge in [0, 0.05) is 23.1 Å². The van der Waals surface area contributed by atoms with Crippen LogP contribution < -0.4 is 9.47 Å². The number of rotatable bonds is 10. The third kappa shape index (κ3) is 8.08. The SMILES string of the molecule is COc1cc(Br)c(CN(Cc2ccccc2)C(C#Cc2ccccc2/C=C/c2ccccc2)c2ccc(C)cc2)cc1OC. The van der Waals surface area contributed by atoms with E-state index in [2.05, 4.69) is 149 Å². The molecule has 0 N–H and O–H groups in total. The number of halogens is 1. The summed E-state index contributed by atoms with van der Waals surface area (Å²) in [6.45, 7) is 3.46. The predicted molar refractivity (Wildman–Crippen MR) is 186 cm³/mol. The summed E-state index contributed by atoms with van der Waals surface area (Å²) in [4.78, 5) is 2.42. The monoisotopic (exact) mass is 641 g/mol. The summed E-state index contributed by atoms with van der Waals surface area (Å²) in [6.07, 6.45) is 4.27. The van der Waals surface area contributed by atoms with Gasteiger partial charge in [0.15, 0.2) is 11.5 Å². The zero-order valence-corrected chi connectivity index (χ0v) is 26.9. The van der Waals surface area contributed by atoms with Crippen molar-refractivity contribution in [1.29, 1.82) is 0 Å². The summed E-state index contributed by atoms with van der Waals surface area (Å²) in [5.74, 6) is 8.65. The van der Waals surface area contributed by atoms with E-state index >= 15 is 0 Å². The van der Waals surface area contributed by atoms with Gasteiger partial charge in [-0.1, -0.05) is 149 Å². The van der Waals surface area contributed by atoms with Gasteiger partial charge >= 0.3 is 0 Å². The van der Waals surface area contributed by atoms with Crippen molar-refractivity contribution in [3.05, 3.63) is 165 Å². The molecular formula is C40H36BrNO2. The highest BCUT2D eigenvalue weighted by molar-refractivity contribution is 9.10. The zero-order valence-electron chi connectivity index (χ0n) is 25.3. The Hall–Kier alpha value is -4.56. The lowest BCUT2D eigenvalue weighted by molar-refractivity contribution is 0.218. The first-order valence-electron chi connectivity index (χ1n) is 14.6. The first-order chi connectivity index (χ1) is 21.5. The van der Waals surface area contributed by atoms with Gasteiger partial charge in [0.1, 0.15) is 0 Å². The predicted octanol–water partition coefficient (Wildman–Crippen LogP) is 9.74. The topological polar surface area (TPSA) is 21.7 Å². The zero-order chi connectivity index (χ0) is 30.7. The van der Waals surface area contributed by atoms with Crippen molar-refractivity contribution in [2.75, 3.05) is 14.2 Å². The highest BCUT2D eigenvalue weighted by atomic mass is 79.9. The van der Waals surface area contributed by atoms with Gasteiger partial charge in [-0.3, -0.25) is 4.90 Å². The fourth-order valence-corrected chi connectivity index (χ4v) is 5.53. The molecule has 0 aromatic heterocycles. The van der Waals surface area contributed by atoms with Gasteiger partial charge in [0.05, 0.1) is 20.3 Å². The van der Waals surface area contributed by atoms with Gasteiger partial charge < -0.3 is 9.47 Å². The molecule has 0 bridgehead atoms. The number of benzene rings is 5. The van der Waals surface area contributed by atoms with Crippen LogP contribution in [0.25, 0.3) is 12.2 Å². The van der Waals surface area contributed by atoms with Crippen molar-refractivity contribution in [3.63, 3.8) is 0 Å². The Morgan fingerprint density at radius 2 is 1.36 bits per heavy atom. The number of nitrogens with zero attached hydrogens (tertiary/aromatic N) is 1. The van der Waals surface area contributed by atoms with Crippen LogP contribution in [-0.2, 0) is 13.1 Å². The summed E-state index contributed by atoms with van der Waals surface area (Å²) in [6, 6.07) is 41.8. The fourth-order valence-electron chi connectivity index (χ4n) is 5.08. The van der Waals surface area contributed by atoms with Gasteiger partial charge in [-0.25, -0.2) is 0 Å². The molecule has 0 spiro atoms. The van der Waals surface area contributed by atoms with Crippen molar-refractivity contribution < 1.29 is 9.47 Å². The molecule has 5 rings (SSSR count). The van der Waals surface area contributed by atoms with Crippen LogP contribution in [0.3, 0.4) is 0 Å². The molecule has 3 nitrogen and oxygen atoms in total. The van der Waals surface area contributed by atoms with Crippen LogP contribution in [0.15, 0.2) is 126 Å². The molecule has 0 radical (unpaired) electrons. The Kier molecular flexibility index (Phi) is 10.7. The van der Waals surface area contributed by atoms with Crippen molar-refractivity contribution in [3.8, 4) is 23.3 Å². The van der Waals surface area contributed by atoms with E-state index in [1.54, 1.807) is 14.2 Å². The third-order valence-corrected chi connectivity index (χ3v) is 8.21. The van der Waals surface area contributed by atoms with Crippen LogP contribution in [0.5, 0.6) is 11.5 Å². The molecule has 0 aliphatic carbocycles. The number of hydrogen-bond acceptors (Lipinski definition) is 3. The van der Waals surface area contributed by atoms with Gasteiger partial charge in [0.2, 0.25) is 0 Å². The molecule has 0 saturated heterocycles. The van der Waals surface area contributed by atoms with Crippen LogP contribution in [-0.4, -0.2) is 19.1 Å². The quantitative estimate of drug-likeness (QED) is 0.112. The highest BCUT2D eigenvalue weighted by Crippen LogP contribution is 2.35. The van der Waals surface area contributed by atoms with Crippen LogP contribution in [0.2, 0.25) is 0 Å². The van der Waals surface area contributed by atoms with E-state index in [0.717, 1.165) is 32.3 Å². The lowest BCUT2D eigenvalue weighted by atomic mass is 10.0. The average molecular weight is 643 g/mol. The maximum Gasteiger partial charge on any atom is 0.161 e. The maximum absolute atomic E-state index is 5.66. The summed E-state index contributed by atoms with van der Waals surface area (Å²) in [5.41, 5.74) is 7.90. The minimum atomic E-state index is -0.179. The molecule has 0 heterocycles. The van der Waals surface area contributed by atoms with Crippen molar-refractivity contribution >= 4 is 28.1 Å². The average Bonchev–Trinajstić information content (AvgIpc) is 3.06. The highest BCUT2D eigenvalue weighted by Gasteiger charge is 2.22. The second-order valence-electron chi connectivity index (χ2n) is 10.6. The first-order valence-corrected chi connectivity index (χ1v) is 15.4.